The third-order valence-corrected chi connectivity index (χ3v) is 2.76. The van der Waals surface area contributed by atoms with E-state index in [4.69, 9.17) is 9.84 Å². The van der Waals surface area contributed by atoms with Crippen molar-refractivity contribution in [1.82, 2.24) is 0 Å². The molecule has 0 heterocycles. The van der Waals surface area contributed by atoms with Crippen LogP contribution in [0.4, 0.5) is 4.39 Å². The summed E-state index contributed by atoms with van der Waals surface area (Å²) in [7, 11) is 0. The first kappa shape index (κ1) is 12.6. The molecular formula is C13H8BrFO3. The number of halogens is 2. The molecule has 0 aromatic heterocycles. The van der Waals surface area contributed by atoms with Gasteiger partial charge in [-0.1, -0.05) is 22.0 Å². The molecule has 0 radical (unpaired) electrons. The van der Waals surface area contributed by atoms with E-state index in [1.165, 1.54) is 12.1 Å². The number of benzene rings is 2. The van der Waals surface area contributed by atoms with Gasteiger partial charge in [0.2, 0.25) is 0 Å². The molecule has 5 heteroatoms. The molecule has 0 saturated carbocycles. The molecule has 2 rings (SSSR count). The lowest BCUT2D eigenvalue weighted by atomic mass is 10.2. The molecule has 0 spiro atoms. The maximum Gasteiger partial charge on any atom is 0.342 e. The Morgan fingerprint density at radius 3 is 2.44 bits per heavy atom. The lowest BCUT2D eigenvalue weighted by Crippen LogP contribution is -2.03. The molecule has 2 aromatic carbocycles. The quantitative estimate of drug-likeness (QED) is 0.929. The number of carboxylic acid groups (broad SMARTS) is 1. The van der Waals surface area contributed by atoms with Gasteiger partial charge in [0.25, 0.3) is 0 Å². The van der Waals surface area contributed by atoms with Crippen LogP contribution in [0, 0.1) is 5.82 Å². The lowest BCUT2D eigenvalue weighted by molar-refractivity contribution is 0.0689. The van der Waals surface area contributed by atoms with E-state index in [1.54, 1.807) is 24.3 Å². The SMILES string of the molecule is O=C(O)c1c(F)cccc1Oc1ccc(Br)cc1. The first-order valence-electron chi connectivity index (χ1n) is 5.03. The highest BCUT2D eigenvalue weighted by Gasteiger charge is 2.17. The zero-order valence-electron chi connectivity index (χ0n) is 9.06. The van der Waals surface area contributed by atoms with Gasteiger partial charge in [-0.05, 0) is 36.4 Å². The van der Waals surface area contributed by atoms with Gasteiger partial charge in [0, 0.05) is 4.47 Å². The number of ether oxygens (including phenoxy) is 1. The molecule has 1 N–H and O–H groups in total. The maximum atomic E-state index is 13.4. The monoisotopic (exact) mass is 310 g/mol. The number of carbonyl (C=O) groups is 1. The highest BCUT2D eigenvalue weighted by Crippen LogP contribution is 2.28. The Kier molecular flexibility index (Phi) is 3.62. The second-order valence-electron chi connectivity index (χ2n) is 3.47. The van der Waals surface area contributed by atoms with E-state index >= 15 is 0 Å². The predicted molar refractivity (Wildman–Crippen MR) is 67.6 cm³/mol. The minimum atomic E-state index is -1.36. The fraction of sp³-hybridized carbons (Fsp3) is 0. The molecular weight excluding hydrogens is 303 g/mol. The highest BCUT2D eigenvalue weighted by molar-refractivity contribution is 9.10. The summed E-state index contributed by atoms with van der Waals surface area (Å²) < 4.78 is 19.6. The fourth-order valence-corrected chi connectivity index (χ4v) is 1.69. The molecule has 0 aliphatic rings. The highest BCUT2D eigenvalue weighted by atomic mass is 79.9. The number of hydrogen-bond donors (Lipinski definition) is 1. The van der Waals surface area contributed by atoms with E-state index in [0.29, 0.717) is 5.75 Å². The average molecular weight is 311 g/mol. The maximum absolute atomic E-state index is 13.4. The van der Waals surface area contributed by atoms with Gasteiger partial charge < -0.3 is 9.84 Å². The first-order valence-corrected chi connectivity index (χ1v) is 5.82. The number of rotatable bonds is 3. The van der Waals surface area contributed by atoms with Crippen LogP contribution < -0.4 is 4.74 Å². The Morgan fingerprint density at radius 1 is 1.17 bits per heavy atom. The summed E-state index contributed by atoms with van der Waals surface area (Å²) in [4.78, 5) is 11.0. The summed E-state index contributed by atoms with van der Waals surface area (Å²) in [6.45, 7) is 0. The minimum absolute atomic E-state index is 0.0233. The van der Waals surface area contributed by atoms with E-state index in [1.807, 2.05) is 0 Å². The van der Waals surface area contributed by atoms with Gasteiger partial charge in [0.1, 0.15) is 22.9 Å². The molecule has 2 aromatic rings. The minimum Gasteiger partial charge on any atom is -0.477 e. The first-order chi connectivity index (χ1) is 8.58. The van der Waals surface area contributed by atoms with Crippen LogP contribution in [0.15, 0.2) is 46.9 Å². The number of aromatic carboxylic acids is 1. The van der Waals surface area contributed by atoms with Crippen molar-refractivity contribution in [2.24, 2.45) is 0 Å². The second-order valence-corrected chi connectivity index (χ2v) is 4.39. The van der Waals surface area contributed by atoms with E-state index in [0.717, 1.165) is 10.5 Å². The van der Waals surface area contributed by atoms with E-state index < -0.39 is 17.3 Å². The van der Waals surface area contributed by atoms with Crippen molar-refractivity contribution in [2.75, 3.05) is 0 Å². The molecule has 0 fully saturated rings. The number of hydrogen-bond acceptors (Lipinski definition) is 2. The molecule has 0 aliphatic heterocycles. The van der Waals surface area contributed by atoms with E-state index in [-0.39, 0.29) is 5.75 Å². The Morgan fingerprint density at radius 2 is 1.83 bits per heavy atom. The summed E-state index contributed by atoms with van der Waals surface area (Å²) in [6, 6.07) is 10.7. The van der Waals surface area contributed by atoms with Gasteiger partial charge in [-0.25, -0.2) is 9.18 Å². The van der Waals surface area contributed by atoms with Crippen LogP contribution >= 0.6 is 15.9 Å². The molecule has 0 amide bonds. The zero-order chi connectivity index (χ0) is 13.1. The summed E-state index contributed by atoms with van der Waals surface area (Å²) in [5.74, 6) is -1.77. The molecule has 0 aliphatic carbocycles. The van der Waals surface area contributed by atoms with Gasteiger partial charge >= 0.3 is 5.97 Å². The Balaban J connectivity index is 2.37. The normalized spacial score (nSPS) is 10.1. The van der Waals surface area contributed by atoms with Crippen molar-refractivity contribution >= 4 is 21.9 Å². The van der Waals surface area contributed by atoms with Crippen LogP contribution in [0.5, 0.6) is 11.5 Å². The van der Waals surface area contributed by atoms with Gasteiger partial charge in [0.05, 0.1) is 0 Å². The van der Waals surface area contributed by atoms with Gasteiger partial charge in [-0.3, -0.25) is 0 Å². The van der Waals surface area contributed by atoms with Gasteiger partial charge in [-0.2, -0.15) is 0 Å². The van der Waals surface area contributed by atoms with Crippen molar-refractivity contribution in [3.8, 4) is 11.5 Å². The summed E-state index contributed by atoms with van der Waals surface area (Å²) >= 11 is 3.27. The third-order valence-electron chi connectivity index (χ3n) is 2.23. The summed E-state index contributed by atoms with van der Waals surface area (Å²) in [5, 5.41) is 8.94. The van der Waals surface area contributed by atoms with Crippen LogP contribution in [0.2, 0.25) is 0 Å². The summed E-state index contributed by atoms with van der Waals surface area (Å²) in [5.41, 5.74) is -0.472. The Hall–Kier alpha value is -1.88. The van der Waals surface area contributed by atoms with Crippen molar-refractivity contribution in [2.45, 2.75) is 0 Å². The molecule has 0 unspecified atom stereocenters. The van der Waals surface area contributed by atoms with Crippen LogP contribution in [-0.2, 0) is 0 Å². The predicted octanol–water partition coefficient (Wildman–Crippen LogP) is 4.08. The Labute approximate surface area is 111 Å². The lowest BCUT2D eigenvalue weighted by Gasteiger charge is -2.09. The van der Waals surface area contributed by atoms with Crippen LogP contribution in [0.25, 0.3) is 0 Å². The zero-order valence-corrected chi connectivity index (χ0v) is 10.6. The number of carboxylic acids is 1. The average Bonchev–Trinajstić information content (AvgIpc) is 2.32. The fourth-order valence-electron chi connectivity index (χ4n) is 1.43. The smallest absolute Gasteiger partial charge is 0.342 e. The van der Waals surface area contributed by atoms with E-state index in [9.17, 15) is 9.18 Å². The molecule has 0 saturated heterocycles. The molecule has 0 atom stereocenters. The van der Waals surface area contributed by atoms with Crippen molar-refractivity contribution in [3.05, 3.63) is 58.3 Å². The van der Waals surface area contributed by atoms with Crippen LogP contribution in [0.3, 0.4) is 0 Å². The van der Waals surface area contributed by atoms with Crippen molar-refractivity contribution in [1.29, 1.82) is 0 Å². The molecule has 0 bridgehead atoms. The van der Waals surface area contributed by atoms with Crippen molar-refractivity contribution < 1.29 is 19.0 Å². The van der Waals surface area contributed by atoms with Crippen LogP contribution in [-0.4, -0.2) is 11.1 Å². The standard InChI is InChI=1S/C13H8BrFO3/c14-8-4-6-9(7-5-8)18-11-3-1-2-10(15)12(11)13(16)17/h1-7H,(H,16,17). The summed E-state index contributed by atoms with van der Waals surface area (Å²) in [6.07, 6.45) is 0. The van der Waals surface area contributed by atoms with Crippen molar-refractivity contribution in [3.63, 3.8) is 0 Å². The van der Waals surface area contributed by atoms with Crippen LogP contribution in [0.1, 0.15) is 10.4 Å². The van der Waals surface area contributed by atoms with Gasteiger partial charge in [-0.15, -0.1) is 0 Å². The van der Waals surface area contributed by atoms with Gasteiger partial charge in [0.15, 0.2) is 0 Å². The van der Waals surface area contributed by atoms with E-state index in [2.05, 4.69) is 15.9 Å². The second kappa shape index (κ2) is 5.18. The molecule has 3 nitrogen and oxygen atoms in total. The topological polar surface area (TPSA) is 46.5 Å². The molecule has 18 heavy (non-hydrogen) atoms. The third kappa shape index (κ3) is 2.68. The largest absolute Gasteiger partial charge is 0.477 e. The molecule has 92 valence electrons. The Bertz CT molecular complexity index is 581.